The number of halogens is 1. The predicted molar refractivity (Wildman–Crippen MR) is 77.6 cm³/mol. The first-order chi connectivity index (χ1) is 10.4. The molecule has 1 aromatic carbocycles. The summed E-state index contributed by atoms with van der Waals surface area (Å²) in [6.45, 7) is -0.163. The number of hydrogen-bond acceptors (Lipinski definition) is 4. The maximum absolute atomic E-state index is 12.0. The molecule has 0 aromatic heterocycles. The van der Waals surface area contributed by atoms with Crippen molar-refractivity contribution in [3.63, 3.8) is 0 Å². The molecule has 1 aromatic rings. The van der Waals surface area contributed by atoms with Gasteiger partial charge in [0, 0.05) is 6.42 Å². The Kier molecular flexibility index (Phi) is 7.31. The monoisotopic (exact) mass is 312 g/mol. The van der Waals surface area contributed by atoms with Crippen LogP contribution in [-0.2, 0) is 16.0 Å². The number of benzene rings is 1. The summed E-state index contributed by atoms with van der Waals surface area (Å²) in [6, 6.07) is 5.54. The van der Waals surface area contributed by atoms with E-state index in [1.165, 1.54) is 0 Å². The molecule has 122 valence electrons. The molecule has 0 aliphatic carbocycles. The molecule has 0 heterocycles. The first kappa shape index (κ1) is 17.9. The highest BCUT2D eigenvalue weighted by Crippen LogP contribution is 2.18. The van der Waals surface area contributed by atoms with Gasteiger partial charge in [-0.1, -0.05) is 12.1 Å². The summed E-state index contributed by atoms with van der Waals surface area (Å²) in [5.41, 5.74) is 6.13. The molecule has 2 atom stereocenters. The van der Waals surface area contributed by atoms with Crippen molar-refractivity contribution < 1.29 is 28.9 Å². The lowest BCUT2D eigenvalue weighted by Gasteiger charge is -2.15. The van der Waals surface area contributed by atoms with Crippen molar-refractivity contribution in [1.29, 1.82) is 0 Å². The third kappa shape index (κ3) is 6.09. The number of carboxylic acids is 2. The maximum Gasteiger partial charge on any atom is 0.320 e. The van der Waals surface area contributed by atoms with Gasteiger partial charge < -0.3 is 20.7 Å². The number of aliphatic carboxylic acids is 2. The number of rotatable bonds is 10. The number of carboxylic acid groups (broad SMARTS) is 2. The zero-order valence-corrected chi connectivity index (χ0v) is 12.1. The molecular formula is C15H20FNO5. The number of nitrogens with two attached hydrogens (primary N) is 1. The Morgan fingerprint density at radius 2 is 1.82 bits per heavy atom. The zero-order valence-electron chi connectivity index (χ0n) is 12.1. The van der Waals surface area contributed by atoms with Gasteiger partial charge in [-0.15, -0.1) is 0 Å². The maximum atomic E-state index is 12.0. The zero-order chi connectivity index (χ0) is 16.5. The van der Waals surface area contributed by atoms with Crippen LogP contribution < -0.4 is 10.5 Å². The fourth-order valence-electron chi connectivity index (χ4n) is 1.93. The lowest BCUT2D eigenvalue weighted by Crippen LogP contribution is -2.35. The van der Waals surface area contributed by atoms with Gasteiger partial charge >= 0.3 is 11.9 Å². The van der Waals surface area contributed by atoms with Crippen LogP contribution in [0.4, 0.5) is 4.39 Å². The van der Waals surface area contributed by atoms with Gasteiger partial charge in [0.05, 0.1) is 19.2 Å². The Labute approximate surface area is 127 Å². The molecule has 7 heteroatoms. The fourth-order valence-corrected chi connectivity index (χ4v) is 1.93. The third-order valence-corrected chi connectivity index (χ3v) is 3.16. The van der Waals surface area contributed by atoms with Crippen molar-refractivity contribution in [2.75, 3.05) is 13.3 Å². The third-order valence-electron chi connectivity index (χ3n) is 3.16. The molecule has 1 rings (SSSR count). The van der Waals surface area contributed by atoms with E-state index in [9.17, 15) is 14.0 Å². The van der Waals surface area contributed by atoms with E-state index in [-0.39, 0.29) is 19.4 Å². The highest BCUT2D eigenvalue weighted by Gasteiger charge is 2.24. The Morgan fingerprint density at radius 1 is 1.18 bits per heavy atom. The van der Waals surface area contributed by atoms with Crippen LogP contribution in [0.2, 0.25) is 0 Å². The largest absolute Gasteiger partial charge is 0.494 e. The van der Waals surface area contributed by atoms with E-state index in [0.717, 1.165) is 5.56 Å². The summed E-state index contributed by atoms with van der Waals surface area (Å²) < 4.78 is 17.2. The topological polar surface area (TPSA) is 110 Å². The molecule has 0 radical (unpaired) electrons. The number of hydrogen-bond donors (Lipinski definition) is 3. The Morgan fingerprint density at radius 3 is 2.32 bits per heavy atom. The minimum atomic E-state index is -1.22. The van der Waals surface area contributed by atoms with Gasteiger partial charge in [0.15, 0.2) is 0 Å². The Balaban J connectivity index is 2.62. The van der Waals surface area contributed by atoms with Crippen LogP contribution in [0.25, 0.3) is 0 Å². The van der Waals surface area contributed by atoms with Crippen LogP contribution >= 0.6 is 0 Å². The predicted octanol–water partition coefficient (Wildman–Crippen LogP) is 1.47. The minimum absolute atomic E-state index is 0.139. The molecule has 0 saturated carbocycles. The van der Waals surface area contributed by atoms with Crippen molar-refractivity contribution >= 4 is 11.9 Å². The van der Waals surface area contributed by atoms with Gasteiger partial charge in [-0.2, -0.15) is 0 Å². The lowest BCUT2D eigenvalue weighted by molar-refractivity contribution is -0.143. The van der Waals surface area contributed by atoms with Crippen molar-refractivity contribution in [2.45, 2.75) is 25.3 Å². The van der Waals surface area contributed by atoms with E-state index < -0.39 is 30.6 Å². The molecule has 6 nitrogen and oxygen atoms in total. The molecule has 0 saturated heterocycles. The van der Waals surface area contributed by atoms with Crippen LogP contribution in [0, 0.1) is 5.92 Å². The molecular weight excluding hydrogens is 292 g/mol. The molecule has 22 heavy (non-hydrogen) atoms. The second-order valence-electron chi connectivity index (χ2n) is 4.95. The van der Waals surface area contributed by atoms with Crippen LogP contribution in [0.15, 0.2) is 24.3 Å². The summed E-state index contributed by atoms with van der Waals surface area (Å²) in [5, 5.41) is 17.9. The lowest BCUT2D eigenvalue weighted by atomic mass is 9.93. The van der Waals surface area contributed by atoms with E-state index in [4.69, 9.17) is 20.7 Å². The van der Waals surface area contributed by atoms with Crippen LogP contribution in [0.1, 0.15) is 18.4 Å². The second kappa shape index (κ2) is 8.99. The second-order valence-corrected chi connectivity index (χ2v) is 4.95. The van der Waals surface area contributed by atoms with Gasteiger partial charge in [-0.05, 0) is 30.5 Å². The molecule has 0 aliphatic rings. The van der Waals surface area contributed by atoms with E-state index in [2.05, 4.69) is 0 Å². The first-order valence-corrected chi connectivity index (χ1v) is 6.93. The quantitative estimate of drug-likeness (QED) is 0.564. The minimum Gasteiger partial charge on any atom is -0.494 e. The highest BCUT2D eigenvalue weighted by atomic mass is 18.2. The van der Waals surface area contributed by atoms with Gasteiger partial charge in [-0.25, -0.2) is 0 Å². The Bertz CT molecular complexity index is 491. The summed E-state index contributed by atoms with van der Waals surface area (Å²) in [7, 11) is 0. The molecule has 0 fully saturated rings. The van der Waals surface area contributed by atoms with Crippen molar-refractivity contribution in [2.24, 2.45) is 11.7 Å². The fraction of sp³-hybridized carbons (Fsp3) is 0.467. The smallest absolute Gasteiger partial charge is 0.320 e. The van der Waals surface area contributed by atoms with Gasteiger partial charge in [-0.3, -0.25) is 14.0 Å². The summed E-state index contributed by atoms with van der Waals surface area (Å²) in [5.74, 6) is -2.60. The standard InChI is InChI=1S/C15H20FNO5/c16-6-1-7-22-12-4-2-10(3-5-12)8-11(14(18)19)9-13(17)15(20)21/h2-5,11,13H,1,6-9,17H2,(H,18,19)(H,20,21)/i16-1. The molecule has 0 amide bonds. The first-order valence-electron chi connectivity index (χ1n) is 6.93. The van der Waals surface area contributed by atoms with E-state index in [1.807, 2.05) is 0 Å². The molecule has 4 N–H and O–H groups in total. The average Bonchev–Trinajstić information content (AvgIpc) is 2.48. The number of carbonyl (C=O) groups is 2. The SMILES string of the molecule is NC(CC(Cc1ccc(OCCC[18F])cc1)C(=O)O)C(=O)O. The van der Waals surface area contributed by atoms with Crippen LogP contribution in [-0.4, -0.2) is 41.5 Å². The number of ether oxygens (including phenoxy) is 1. The van der Waals surface area contributed by atoms with E-state index >= 15 is 0 Å². The Hall–Kier alpha value is -2.15. The normalized spacial score (nSPS) is 13.4. The molecule has 0 spiro atoms. The highest BCUT2D eigenvalue weighted by molar-refractivity contribution is 5.76. The number of alkyl halides is 1. The van der Waals surface area contributed by atoms with Gasteiger partial charge in [0.25, 0.3) is 0 Å². The van der Waals surface area contributed by atoms with Crippen LogP contribution in [0.3, 0.4) is 0 Å². The summed E-state index contributed by atoms with van der Waals surface area (Å²) in [4.78, 5) is 21.9. The molecule has 2 unspecified atom stereocenters. The summed E-state index contributed by atoms with van der Waals surface area (Å²) in [6.07, 6.45) is 0.358. The van der Waals surface area contributed by atoms with Gasteiger partial charge in [0.2, 0.25) is 0 Å². The van der Waals surface area contributed by atoms with Crippen molar-refractivity contribution in [1.82, 2.24) is 0 Å². The van der Waals surface area contributed by atoms with Crippen LogP contribution in [0.5, 0.6) is 5.75 Å². The van der Waals surface area contributed by atoms with E-state index in [1.54, 1.807) is 24.3 Å². The summed E-state index contributed by atoms with van der Waals surface area (Å²) >= 11 is 0. The molecule has 0 aliphatic heterocycles. The average molecular weight is 312 g/mol. The van der Waals surface area contributed by atoms with Crippen molar-refractivity contribution in [3.05, 3.63) is 29.8 Å². The van der Waals surface area contributed by atoms with Gasteiger partial charge in [0.1, 0.15) is 11.8 Å². The van der Waals surface area contributed by atoms with E-state index in [0.29, 0.717) is 12.2 Å². The molecule has 0 bridgehead atoms. The van der Waals surface area contributed by atoms with Crippen molar-refractivity contribution in [3.8, 4) is 5.75 Å².